The van der Waals surface area contributed by atoms with Gasteiger partial charge in [-0.3, -0.25) is 0 Å². The van der Waals surface area contributed by atoms with Crippen molar-refractivity contribution in [3.8, 4) is 11.5 Å². The molecule has 4 heteroatoms. The minimum Gasteiger partial charge on any atom is -0.457 e. The van der Waals surface area contributed by atoms with Crippen molar-refractivity contribution in [1.29, 1.82) is 0 Å². The average molecular weight is 401 g/mol. The van der Waals surface area contributed by atoms with Gasteiger partial charge >= 0.3 is 0 Å². The van der Waals surface area contributed by atoms with Crippen LogP contribution in [0.3, 0.4) is 0 Å². The van der Waals surface area contributed by atoms with Crippen molar-refractivity contribution in [2.75, 3.05) is 4.90 Å². The highest BCUT2D eigenvalue weighted by Gasteiger charge is 2.43. The van der Waals surface area contributed by atoms with E-state index in [-0.39, 0.29) is 6.71 Å². The van der Waals surface area contributed by atoms with Gasteiger partial charge in [0, 0.05) is 31.9 Å². The van der Waals surface area contributed by atoms with E-state index in [0.717, 1.165) is 11.5 Å². The molecule has 0 amide bonds. The largest absolute Gasteiger partial charge is 0.457 e. The van der Waals surface area contributed by atoms with Gasteiger partial charge in [-0.25, -0.2) is 0 Å². The second-order valence-corrected chi connectivity index (χ2v) is 8.83. The summed E-state index contributed by atoms with van der Waals surface area (Å²) in [5.41, 5.74) is 6.20. The number of rotatable bonds is 1. The Morgan fingerprint density at radius 1 is 0.700 bits per heavy atom. The maximum Gasteiger partial charge on any atom is 0.268 e. The summed E-state index contributed by atoms with van der Waals surface area (Å²) < 4.78 is 9.14. The molecule has 0 spiro atoms. The van der Waals surface area contributed by atoms with Crippen molar-refractivity contribution in [3.63, 3.8) is 0 Å². The van der Waals surface area contributed by atoms with Crippen LogP contribution in [0.1, 0.15) is 0 Å². The molecule has 0 bridgehead atoms. The third-order valence-electron chi connectivity index (χ3n) is 6.13. The van der Waals surface area contributed by atoms with Crippen molar-refractivity contribution < 1.29 is 4.74 Å². The molecule has 1 aromatic heterocycles. The lowest BCUT2D eigenvalue weighted by Crippen LogP contribution is -2.58. The molecular formula is C26H16BNOS. The molecule has 140 valence electrons. The van der Waals surface area contributed by atoms with Crippen LogP contribution in [0.5, 0.6) is 11.5 Å². The van der Waals surface area contributed by atoms with Crippen LogP contribution in [0.2, 0.25) is 0 Å². The quantitative estimate of drug-likeness (QED) is 0.346. The number of ether oxygens (including phenoxy) is 1. The number of para-hydroxylation sites is 2. The molecule has 0 unspecified atom stereocenters. The molecule has 3 heterocycles. The number of hydrogen-bond donors (Lipinski definition) is 0. The molecule has 7 rings (SSSR count). The minimum absolute atomic E-state index is 0.188. The zero-order valence-electron chi connectivity index (χ0n) is 16.1. The van der Waals surface area contributed by atoms with E-state index >= 15 is 0 Å². The molecule has 0 atom stereocenters. The van der Waals surface area contributed by atoms with Gasteiger partial charge in [0.1, 0.15) is 11.5 Å². The average Bonchev–Trinajstić information content (AvgIpc) is 3.18. The van der Waals surface area contributed by atoms with Gasteiger partial charge in [0.15, 0.2) is 0 Å². The molecule has 5 aromatic rings. The topological polar surface area (TPSA) is 12.5 Å². The van der Waals surface area contributed by atoms with Gasteiger partial charge in [-0.1, -0.05) is 54.6 Å². The first-order valence-corrected chi connectivity index (χ1v) is 11.0. The fraction of sp³-hybridized carbons (Fsp3) is 0. The zero-order chi connectivity index (χ0) is 19.7. The van der Waals surface area contributed by atoms with Crippen LogP contribution in [0.4, 0.5) is 17.1 Å². The number of fused-ring (bicyclic) bond motifs is 6. The van der Waals surface area contributed by atoms with Crippen molar-refractivity contribution in [2.24, 2.45) is 0 Å². The number of benzene rings is 4. The van der Waals surface area contributed by atoms with Crippen LogP contribution in [0.15, 0.2) is 97.1 Å². The second kappa shape index (κ2) is 6.00. The third-order valence-corrected chi connectivity index (χ3v) is 7.34. The molecule has 0 radical (unpaired) electrons. The van der Waals surface area contributed by atoms with Crippen LogP contribution < -0.4 is 25.3 Å². The molecule has 0 saturated heterocycles. The predicted octanol–water partition coefficient (Wildman–Crippen LogP) is 5.31. The van der Waals surface area contributed by atoms with E-state index in [1.807, 2.05) is 11.3 Å². The summed E-state index contributed by atoms with van der Waals surface area (Å²) in [5, 5.41) is 1.21. The first-order valence-electron chi connectivity index (χ1n) is 10.2. The summed E-state index contributed by atoms with van der Waals surface area (Å²) in [5.74, 6) is 1.98. The molecule has 0 saturated carbocycles. The molecule has 2 aliphatic heterocycles. The lowest BCUT2D eigenvalue weighted by molar-refractivity contribution is 0.494. The summed E-state index contributed by atoms with van der Waals surface area (Å²) in [6.07, 6.45) is 0. The Balaban J connectivity index is 1.58. The molecule has 30 heavy (non-hydrogen) atoms. The third kappa shape index (κ3) is 2.09. The Labute approximate surface area is 179 Å². The van der Waals surface area contributed by atoms with Crippen LogP contribution in [0, 0.1) is 0 Å². The van der Waals surface area contributed by atoms with Gasteiger partial charge in [0.2, 0.25) is 0 Å². The van der Waals surface area contributed by atoms with Crippen LogP contribution in [-0.2, 0) is 0 Å². The maximum absolute atomic E-state index is 6.56. The normalized spacial score (nSPS) is 13.5. The highest BCUT2D eigenvalue weighted by molar-refractivity contribution is 7.33. The van der Waals surface area contributed by atoms with E-state index in [9.17, 15) is 0 Å². The van der Waals surface area contributed by atoms with E-state index in [2.05, 4.69) is 102 Å². The maximum atomic E-state index is 6.56. The van der Waals surface area contributed by atoms with E-state index in [1.165, 1.54) is 42.9 Å². The summed E-state index contributed by atoms with van der Waals surface area (Å²) >= 11 is 1.86. The van der Waals surface area contributed by atoms with Gasteiger partial charge in [0.25, 0.3) is 6.71 Å². The summed E-state index contributed by atoms with van der Waals surface area (Å²) in [4.78, 5) is 2.37. The fourth-order valence-corrected chi connectivity index (χ4v) is 6.16. The Kier molecular flexibility index (Phi) is 3.27. The Morgan fingerprint density at radius 3 is 2.40 bits per heavy atom. The second-order valence-electron chi connectivity index (χ2n) is 7.75. The van der Waals surface area contributed by atoms with Gasteiger partial charge in [-0.05, 0) is 53.4 Å². The first-order chi connectivity index (χ1) is 14.9. The Bertz CT molecular complexity index is 1440. The summed E-state index contributed by atoms with van der Waals surface area (Å²) in [6, 6.07) is 34.4. The SMILES string of the molecule is c1ccc(N2c3ccccc3B3c4sc5ccccc5c4Oc4cccc2c43)cc1. The Hall–Kier alpha value is -3.50. The highest BCUT2D eigenvalue weighted by atomic mass is 32.1. The number of nitrogens with zero attached hydrogens (tertiary/aromatic N) is 1. The number of anilines is 3. The summed E-state index contributed by atoms with van der Waals surface area (Å²) in [7, 11) is 0. The highest BCUT2D eigenvalue weighted by Crippen LogP contribution is 2.43. The number of thiophene rings is 1. The summed E-state index contributed by atoms with van der Waals surface area (Å²) in [6.45, 7) is 0.188. The minimum atomic E-state index is 0.188. The standard InChI is InChI=1S/C26H16BNOS/c1-2-9-17(10-3-1)28-20-13-6-5-12-19(20)27-24-21(28)14-8-15-22(24)29-25-18-11-4-7-16-23(18)30-26(25)27/h1-16H. The van der Waals surface area contributed by atoms with Gasteiger partial charge in [0.05, 0.1) is 0 Å². The zero-order valence-corrected chi connectivity index (χ0v) is 16.9. The van der Waals surface area contributed by atoms with Gasteiger partial charge < -0.3 is 9.64 Å². The van der Waals surface area contributed by atoms with Crippen molar-refractivity contribution in [3.05, 3.63) is 97.1 Å². The molecule has 0 N–H and O–H groups in total. The van der Waals surface area contributed by atoms with Crippen LogP contribution in [0.25, 0.3) is 10.1 Å². The smallest absolute Gasteiger partial charge is 0.268 e. The molecular weight excluding hydrogens is 385 g/mol. The van der Waals surface area contributed by atoms with Crippen molar-refractivity contribution in [2.45, 2.75) is 0 Å². The van der Waals surface area contributed by atoms with Crippen molar-refractivity contribution in [1.82, 2.24) is 0 Å². The van der Waals surface area contributed by atoms with E-state index in [4.69, 9.17) is 4.74 Å². The first kappa shape index (κ1) is 16.3. The van der Waals surface area contributed by atoms with E-state index < -0.39 is 0 Å². The monoisotopic (exact) mass is 401 g/mol. The lowest BCUT2D eigenvalue weighted by Gasteiger charge is -2.39. The molecule has 2 nitrogen and oxygen atoms in total. The predicted molar refractivity (Wildman–Crippen MR) is 128 cm³/mol. The van der Waals surface area contributed by atoms with Gasteiger partial charge in [-0.2, -0.15) is 0 Å². The van der Waals surface area contributed by atoms with Crippen LogP contribution >= 0.6 is 11.3 Å². The molecule has 0 fully saturated rings. The number of hydrogen-bond acceptors (Lipinski definition) is 3. The van der Waals surface area contributed by atoms with Crippen LogP contribution in [-0.4, -0.2) is 6.71 Å². The molecule has 0 aliphatic carbocycles. The van der Waals surface area contributed by atoms with Gasteiger partial charge in [-0.15, -0.1) is 11.3 Å². The lowest BCUT2D eigenvalue weighted by atomic mass is 9.37. The van der Waals surface area contributed by atoms with E-state index in [0.29, 0.717) is 0 Å². The van der Waals surface area contributed by atoms with E-state index in [1.54, 1.807) is 0 Å². The van der Waals surface area contributed by atoms with Crippen molar-refractivity contribution >= 4 is 60.9 Å². The fourth-order valence-electron chi connectivity index (χ4n) is 4.90. The molecule has 4 aromatic carbocycles. The molecule has 2 aliphatic rings. The Morgan fingerprint density at radius 2 is 1.47 bits per heavy atom.